The van der Waals surface area contributed by atoms with Crippen molar-refractivity contribution in [2.24, 2.45) is 0 Å². The summed E-state index contributed by atoms with van der Waals surface area (Å²) in [5, 5.41) is 9.30. The number of aliphatic hydroxyl groups excluding tert-OH is 1. The Morgan fingerprint density at radius 3 is 2.29 bits per heavy atom. The van der Waals surface area contributed by atoms with Crippen LogP contribution in [0.15, 0.2) is 30.3 Å². The molecule has 1 nitrogen and oxygen atoms in total. The molecular weight excluding hydrogens is 279 g/mol. The number of hydrogen-bond donors (Lipinski definition) is 1. The Balaban J connectivity index is 2.66. The molecule has 0 aromatic heterocycles. The first-order valence-electron chi connectivity index (χ1n) is 5.26. The van der Waals surface area contributed by atoms with E-state index in [1.807, 2.05) is 6.92 Å². The molecule has 0 spiro atoms. The Morgan fingerprint density at radius 1 is 1.21 bits per heavy atom. The fourth-order valence-electron chi connectivity index (χ4n) is 1.60. The molecule has 78 valence electrons. The average molecular weight is 299 g/mol. The summed E-state index contributed by atoms with van der Waals surface area (Å²) in [6.45, 7) is 1.88. The quantitative estimate of drug-likeness (QED) is 0.846. The molecule has 0 radical (unpaired) electrons. The van der Waals surface area contributed by atoms with E-state index in [0.717, 1.165) is 6.42 Å². The molecule has 0 aliphatic carbocycles. The summed E-state index contributed by atoms with van der Waals surface area (Å²) >= 11 is -2.05. The van der Waals surface area contributed by atoms with Crippen LogP contribution >= 0.6 is 0 Å². The Kier molecular flexibility index (Phi) is 4.45. The number of aliphatic hydroxyl groups is 1. The molecule has 0 saturated carbocycles. The minimum atomic E-state index is -2.05. The van der Waals surface area contributed by atoms with Gasteiger partial charge < -0.3 is 0 Å². The second kappa shape index (κ2) is 5.17. The Labute approximate surface area is 91.0 Å². The summed E-state index contributed by atoms with van der Waals surface area (Å²) in [6, 6.07) is 10.8. The molecule has 1 aromatic rings. The zero-order valence-electron chi connectivity index (χ0n) is 9.33. The molecule has 1 atom stereocenters. The molecule has 0 aliphatic heterocycles. The average Bonchev–Trinajstić information content (AvgIpc) is 2.16. The van der Waals surface area contributed by atoms with Gasteiger partial charge in [-0.25, -0.2) is 0 Å². The van der Waals surface area contributed by atoms with E-state index in [-0.39, 0.29) is 6.10 Å². The zero-order chi connectivity index (χ0) is 10.6. The van der Waals surface area contributed by atoms with E-state index in [1.165, 1.54) is 4.44 Å². The van der Waals surface area contributed by atoms with Crippen molar-refractivity contribution < 1.29 is 5.11 Å². The molecular formula is C12H20OSn. The first-order valence-corrected chi connectivity index (χ1v) is 14.4. The van der Waals surface area contributed by atoms with Gasteiger partial charge >= 0.3 is 91.2 Å². The Hall–Kier alpha value is -0.0213. The molecule has 2 heteroatoms. The summed E-state index contributed by atoms with van der Waals surface area (Å²) in [6.07, 6.45) is 0.813. The van der Waals surface area contributed by atoms with E-state index in [9.17, 15) is 5.11 Å². The first-order chi connectivity index (χ1) is 6.52. The maximum atomic E-state index is 9.30. The monoisotopic (exact) mass is 300 g/mol. The van der Waals surface area contributed by atoms with Crippen LogP contribution in [0.1, 0.15) is 13.3 Å². The number of benzene rings is 1. The van der Waals surface area contributed by atoms with Crippen molar-refractivity contribution in [3.63, 3.8) is 0 Å². The molecule has 1 unspecified atom stereocenters. The van der Waals surface area contributed by atoms with Crippen molar-refractivity contribution >= 4 is 22.0 Å². The van der Waals surface area contributed by atoms with Gasteiger partial charge in [0.15, 0.2) is 0 Å². The van der Waals surface area contributed by atoms with Crippen LogP contribution in [-0.2, 0) is 0 Å². The second-order valence-electron chi connectivity index (χ2n) is 4.64. The summed E-state index contributed by atoms with van der Waals surface area (Å²) in [5.74, 6) is 0. The van der Waals surface area contributed by atoms with Crippen LogP contribution in [0.4, 0.5) is 0 Å². The molecule has 1 N–H and O–H groups in total. The van der Waals surface area contributed by atoms with E-state index in [1.54, 1.807) is 3.58 Å². The van der Waals surface area contributed by atoms with Crippen LogP contribution < -0.4 is 3.58 Å². The van der Waals surface area contributed by atoms with E-state index >= 15 is 0 Å². The van der Waals surface area contributed by atoms with Crippen LogP contribution in [-0.4, -0.2) is 29.6 Å². The normalized spacial score (nSPS) is 14.0. The van der Waals surface area contributed by atoms with Crippen molar-refractivity contribution in [1.82, 2.24) is 0 Å². The summed E-state index contributed by atoms with van der Waals surface area (Å²) in [7, 11) is 0. The predicted molar refractivity (Wildman–Crippen MR) is 64.7 cm³/mol. The first kappa shape index (κ1) is 12.1. The maximum absolute atomic E-state index is 9.30. The van der Waals surface area contributed by atoms with Gasteiger partial charge in [0.2, 0.25) is 0 Å². The Bertz CT molecular complexity index is 267. The van der Waals surface area contributed by atoms with Crippen molar-refractivity contribution in [1.29, 1.82) is 0 Å². The topological polar surface area (TPSA) is 20.2 Å². The van der Waals surface area contributed by atoms with Gasteiger partial charge in [0, 0.05) is 0 Å². The molecule has 0 aliphatic rings. The molecule has 0 bridgehead atoms. The van der Waals surface area contributed by atoms with Crippen LogP contribution in [0.2, 0.25) is 14.3 Å². The zero-order valence-corrected chi connectivity index (χ0v) is 12.2. The van der Waals surface area contributed by atoms with E-state index in [2.05, 4.69) is 40.2 Å². The van der Waals surface area contributed by atoms with Crippen LogP contribution in [0.5, 0.6) is 0 Å². The van der Waals surface area contributed by atoms with Crippen LogP contribution in [0.25, 0.3) is 0 Å². The van der Waals surface area contributed by atoms with Gasteiger partial charge in [-0.15, -0.1) is 0 Å². The second-order valence-corrected chi connectivity index (χ2v) is 18.5. The van der Waals surface area contributed by atoms with Crippen molar-refractivity contribution in [2.45, 2.75) is 33.8 Å². The van der Waals surface area contributed by atoms with Gasteiger partial charge in [-0.2, -0.15) is 0 Å². The van der Waals surface area contributed by atoms with Crippen molar-refractivity contribution in [2.75, 3.05) is 0 Å². The van der Waals surface area contributed by atoms with Gasteiger partial charge in [-0.3, -0.25) is 0 Å². The third-order valence-electron chi connectivity index (χ3n) is 2.74. The molecule has 14 heavy (non-hydrogen) atoms. The van der Waals surface area contributed by atoms with Crippen molar-refractivity contribution in [3.05, 3.63) is 30.3 Å². The molecule has 0 saturated heterocycles. The minimum absolute atomic E-state index is 0.144. The summed E-state index contributed by atoms with van der Waals surface area (Å²) in [4.78, 5) is 4.87. The predicted octanol–water partition coefficient (Wildman–Crippen LogP) is 2.37. The standard InChI is InChI=1S/C6H5.C4H9O.2CH3.Sn/c1-2-4-6-5-3-1;1-3-4(2)5;;;/h1-5H;4-5H,1,3H2,2H3;2*1H3;. The fourth-order valence-corrected chi connectivity index (χ4v) is 8.80. The molecule has 1 aromatic carbocycles. The SMILES string of the molecule is CC(O)C[CH2][Sn]([CH3])([CH3])[c]1ccccc1. The Morgan fingerprint density at radius 2 is 1.79 bits per heavy atom. The van der Waals surface area contributed by atoms with E-state index < -0.39 is 18.4 Å². The molecule has 0 heterocycles. The summed E-state index contributed by atoms with van der Waals surface area (Å²) in [5.41, 5.74) is 0. The van der Waals surface area contributed by atoms with Gasteiger partial charge in [-0.1, -0.05) is 0 Å². The number of hydrogen-bond acceptors (Lipinski definition) is 1. The third-order valence-corrected chi connectivity index (χ3v) is 12.5. The van der Waals surface area contributed by atoms with Gasteiger partial charge in [0.25, 0.3) is 0 Å². The van der Waals surface area contributed by atoms with Gasteiger partial charge in [-0.05, 0) is 0 Å². The van der Waals surface area contributed by atoms with E-state index in [0.29, 0.717) is 0 Å². The van der Waals surface area contributed by atoms with Gasteiger partial charge in [0.05, 0.1) is 0 Å². The summed E-state index contributed by atoms with van der Waals surface area (Å²) < 4.78 is 2.79. The van der Waals surface area contributed by atoms with Crippen LogP contribution in [0, 0.1) is 0 Å². The van der Waals surface area contributed by atoms with Crippen LogP contribution in [0.3, 0.4) is 0 Å². The van der Waals surface area contributed by atoms with Gasteiger partial charge in [0.1, 0.15) is 0 Å². The van der Waals surface area contributed by atoms with E-state index in [4.69, 9.17) is 0 Å². The number of rotatable bonds is 4. The molecule has 1 rings (SSSR count). The third kappa shape index (κ3) is 3.62. The molecule has 0 amide bonds. The fraction of sp³-hybridized carbons (Fsp3) is 0.500. The molecule has 0 fully saturated rings. The van der Waals surface area contributed by atoms with Crippen molar-refractivity contribution in [3.8, 4) is 0 Å².